The third-order valence-electron chi connectivity index (χ3n) is 4.91. The van der Waals surface area contributed by atoms with Crippen LogP contribution < -0.4 is 5.32 Å². The van der Waals surface area contributed by atoms with Gasteiger partial charge in [0, 0.05) is 31.5 Å². The first-order chi connectivity index (χ1) is 9.66. The van der Waals surface area contributed by atoms with Crippen LogP contribution in [0.1, 0.15) is 36.0 Å². The summed E-state index contributed by atoms with van der Waals surface area (Å²) in [7, 11) is 1.69. The predicted octanol–water partition coefficient (Wildman–Crippen LogP) is 1.66. The molecule has 0 aromatic carbocycles. The number of furan rings is 1. The summed E-state index contributed by atoms with van der Waals surface area (Å²) in [5.74, 6) is 0.188. The van der Waals surface area contributed by atoms with Crippen molar-refractivity contribution in [2.45, 2.75) is 25.7 Å². The zero-order valence-corrected chi connectivity index (χ0v) is 11.7. The molecule has 3 rings (SSSR count). The Morgan fingerprint density at radius 2 is 2.30 bits per heavy atom. The van der Waals surface area contributed by atoms with Gasteiger partial charge in [-0.2, -0.15) is 0 Å². The van der Waals surface area contributed by atoms with E-state index in [-0.39, 0.29) is 23.1 Å². The summed E-state index contributed by atoms with van der Waals surface area (Å²) >= 11 is 0. The minimum absolute atomic E-state index is 0.0122. The molecule has 5 nitrogen and oxygen atoms in total. The van der Waals surface area contributed by atoms with Crippen molar-refractivity contribution in [2.24, 2.45) is 11.3 Å². The Morgan fingerprint density at radius 1 is 1.45 bits per heavy atom. The summed E-state index contributed by atoms with van der Waals surface area (Å²) in [6.45, 7) is 1.42. The number of carbonyl (C=O) groups excluding carboxylic acids is 2. The number of hydrogen-bond donors (Lipinski definition) is 1. The highest BCUT2D eigenvalue weighted by molar-refractivity contribution is 5.94. The lowest BCUT2D eigenvalue weighted by Crippen LogP contribution is -2.40. The van der Waals surface area contributed by atoms with Crippen LogP contribution in [0.3, 0.4) is 0 Å². The van der Waals surface area contributed by atoms with Gasteiger partial charge in [0.1, 0.15) is 6.26 Å². The third-order valence-corrected chi connectivity index (χ3v) is 4.91. The van der Waals surface area contributed by atoms with E-state index in [0.717, 1.165) is 32.2 Å². The molecular formula is C15H20N2O3. The van der Waals surface area contributed by atoms with Crippen molar-refractivity contribution >= 4 is 11.8 Å². The Hall–Kier alpha value is -1.78. The van der Waals surface area contributed by atoms with Gasteiger partial charge in [-0.3, -0.25) is 9.59 Å². The van der Waals surface area contributed by atoms with Crippen molar-refractivity contribution in [1.82, 2.24) is 10.2 Å². The number of nitrogens with zero attached hydrogens (tertiary/aromatic N) is 1. The van der Waals surface area contributed by atoms with Crippen molar-refractivity contribution in [3.63, 3.8) is 0 Å². The van der Waals surface area contributed by atoms with E-state index in [9.17, 15) is 9.59 Å². The maximum atomic E-state index is 12.4. The number of likely N-dealkylation sites (tertiary alicyclic amines) is 1. The fourth-order valence-electron chi connectivity index (χ4n) is 3.85. The number of carbonyl (C=O) groups is 2. The smallest absolute Gasteiger partial charge is 0.257 e. The molecule has 5 heteroatoms. The van der Waals surface area contributed by atoms with Gasteiger partial charge in [0.15, 0.2) is 0 Å². The van der Waals surface area contributed by atoms with Gasteiger partial charge < -0.3 is 14.6 Å². The van der Waals surface area contributed by atoms with Gasteiger partial charge in [0.25, 0.3) is 5.91 Å². The molecule has 1 saturated heterocycles. The lowest BCUT2D eigenvalue weighted by atomic mass is 9.76. The molecule has 2 heterocycles. The van der Waals surface area contributed by atoms with Gasteiger partial charge in [-0.25, -0.2) is 0 Å². The van der Waals surface area contributed by atoms with E-state index in [1.807, 2.05) is 4.90 Å². The second-order valence-electron chi connectivity index (χ2n) is 5.91. The summed E-state index contributed by atoms with van der Waals surface area (Å²) in [6.07, 6.45) is 6.98. The molecule has 0 bridgehead atoms. The molecule has 2 atom stereocenters. The first-order valence-corrected chi connectivity index (χ1v) is 7.19. The second-order valence-corrected chi connectivity index (χ2v) is 5.91. The van der Waals surface area contributed by atoms with Crippen LogP contribution in [0.5, 0.6) is 0 Å². The normalized spacial score (nSPS) is 29.1. The molecule has 1 aliphatic carbocycles. The number of nitrogens with one attached hydrogen (secondary N) is 1. The van der Waals surface area contributed by atoms with E-state index in [1.54, 1.807) is 13.1 Å². The summed E-state index contributed by atoms with van der Waals surface area (Å²) in [6, 6.07) is 1.69. The standard InChI is InChI=1S/C15H20N2O3/c1-16-13(18)12-3-2-5-15(12)6-7-17(10-15)14(19)11-4-8-20-9-11/h4,8-9,12H,2-3,5-7,10H2,1H3,(H,16,18). The first-order valence-electron chi connectivity index (χ1n) is 7.19. The van der Waals surface area contributed by atoms with E-state index in [2.05, 4.69) is 5.32 Å². The van der Waals surface area contributed by atoms with E-state index in [1.165, 1.54) is 12.5 Å². The molecule has 108 valence electrons. The Morgan fingerprint density at radius 3 is 3.00 bits per heavy atom. The summed E-state index contributed by atoms with van der Waals surface area (Å²) in [4.78, 5) is 26.3. The molecule has 20 heavy (non-hydrogen) atoms. The SMILES string of the molecule is CNC(=O)C1CCCC12CCN(C(=O)c1ccoc1)C2. The van der Waals surface area contributed by atoms with Gasteiger partial charge in [0.2, 0.25) is 5.91 Å². The van der Waals surface area contributed by atoms with Crippen molar-refractivity contribution < 1.29 is 14.0 Å². The highest BCUT2D eigenvalue weighted by atomic mass is 16.3. The highest BCUT2D eigenvalue weighted by Crippen LogP contribution is 2.50. The quantitative estimate of drug-likeness (QED) is 0.893. The Kier molecular flexibility index (Phi) is 3.28. The highest BCUT2D eigenvalue weighted by Gasteiger charge is 2.51. The Labute approximate surface area is 118 Å². The summed E-state index contributed by atoms with van der Waals surface area (Å²) in [5.41, 5.74) is 0.580. The van der Waals surface area contributed by atoms with E-state index in [4.69, 9.17) is 4.42 Å². The molecule has 2 unspecified atom stereocenters. The fraction of sp³-hybridized carbons (Fsp3) is 0.600. The van der Waals surface area contributed by atoms with E-state index >= 15 is 0 Å². The van der Waals surface area contributed by atoms with Crippen LogP contribution in [0, 0.1) is 11.3 Å². The van der Waals surface area contributed by atoms with Crippen molar-refractivity contribution in [1.29, 1.82) is 0 Å². The first kappa shape index (κ1) is 13.2. The number of amides is 2. The zero-order valence-electron chi connectivity index (χ0n) is 11.7. The molecule has 1 aromatic heterocycles. The van der Waals surface area contributed by atoms with Gasteiger partial charge in [-0.05, 0) is 25.3 Å². The van der Waals surface area contributed by atoms with Gasteiger partial charge in [0.05, 0.1) is 11.8 Å². The van der Waals surface area contributed by atoms with Crippen molar-refractivity contribution in [3.05, 3.63) is 24.2 Å². The topological polar surface area (TPSA) is 62.6 Å². The van der Waals surface area contributed by atoms with Crippen molar-refractivity contribution in [2.75, 3.05) is 20.1 Å². The second kappa shape index (κ2) is 4.96. The maximum Gasteiger partial charge on any atom is 0.257 e. The summed E-state index contributed by atoms with van der Waals surface area (Å²) in [5, 5.41) is 2.77. The monoisotopic (exact) mass is 276 g/mol. The van der Waals surface area contributed by atoms with Crippen LogP contribution in [0.15, 0.2) is 23.0 Å². The molecule has 1 saturated carbocycles. The lowest BCUT2D eigenvalue weighted by molar-refractivity contribution is -0.127. The lowest BCUT2D eigenvalue weighted by Gasteiger charge is -2.30. The minimum atomic E-state index is -0.0144. The Balaban J connectivity index is 1.75. The summed E-state index contributed by atoms with van der Waals surface area (Å²) < 4.78 is 4.98. The van der Waals surface area contributed by atoms with Crippen molar-refractivity contribution in [3.8, 4) is 0 Å². The van der Waals surface area contributed by atoms with Crippen LogP contribution in [-0.4, -0.2) is 36.9 Å². The van der Waals surface area contributed by atoms with Gasteiger partial charge in [-0.1, -0.05) is 6.42 Å². The predicted molar refractivity (Wildman–Crippen MR) is 73.1 cm³/mol. The molecule has 2 amide bonds. The largest absolute Gasteiger partial charge is 0.472 e. The number of rotatable bonds is 2. The molecule has 0 radical (unpaired) electrons. The van der Waals surface area contributed by atoms with Crippen LogP contribution in [-0.2, 0) is 4.79 Å². The molecule has 1 spiro atoms. The Bertz CT molecular complexity index is 511. The number of hydrogen-bond acceptors (Lipinski definition) is 3. The maximum absolute atomic E-state index is 12.4. The minimum Gasteiger partial charge on any atom is -0.472 e. The molecule has 2 fully saturated rings. The van der Waals surface area contributed by atoms with Crippen LogP contribution in [0.25, 0.3) is 0 Å². The molecule has 1 N–H and O–H groups in total. The average molecular weight is 276 g/mol. The third kappa shape index (κ3) is 2.01. The average Bonchev–Trinajstić information content (AvgIpc) is 3.19. The molecule has 2 aliphatic rings. The van der Waals surface area contributed by atoms with Crippen LogP contribution >= 0.6 is 0 Å². The van der Waals surface area contributed by atoms with Crippen LogP contribution in [0.2, 0.25) is 0 Å². The van der Waals surface area contributed by atoms with Gasteiger partial charge in [-0.15, -0.1) is 0 Å². The van der Waals surface area contributed by atoms with Gasteiger partial charge >= 0.3 is 0 Å². The zero-order chi connectivity index (χ0) is 14.2. The van der Waals surface area contributed by atoms with Crippen LogP contribution in [0.4, 0.5) is 0 Å². The molecule has 1 aromatic rings. The van der Waals surface area contributed by atoms with E-state index < -0.39 is 0 Å². The molecule has 1 aliphatic heterocycles. The fourth-order valence-corrected chi connectivity index (χ4v) is 3.85. The van der Waals surface area contributed by atoms with E-state index in [0.29, 0.717) is 12.1 Å². The molecular weight excluding hydrogens is 256 g/mol.